The van der Waals surface area contributed by atoms with Gasteiger partial charge in [0.1, 0.15) is 11.3 Å². The first-order chi connectivity index (χ1) is 18.0. The number of pyridine rings is 1. The Balaban J connectivity index is 0.00000156. The van der Waals surface area contributed by atoms with Crippen LogP contribution in [-0.4, -0.2) is 39.7 Å². The predicted molar refractivity (Wildman–Crippen MR) is 157 cm³/mol. The number of halogens is 3. The molecule has 2 atom stereocenters. The number of nitrogens with zero attached hydrogens (tertiary/aromatic N) is 3. The number of carbonyl (C=O) groups is 1. The molecule has 5 rings (SSSR count). The number of imidazole rings is 1. The summed E-state index contributed by atoms with van der Waals surface area (Å²) in [5, 5.41) is 6.25. The number of hydrogen-bond donors (Lipinski definition) is 2. The summed E-state index contributed by atoms with van der Waals surface area (Å²) < 4.78 is 34.6. The van der Waals surface area contributed by atoms with Crippen LogP contribution in [0.1, 0.15) is 63.3 Å². The van der Waals surface area contributed by atoms with Gasteiger partial charge in [0.2, 0.25) is 5.91 Å². The standard InChI is InChI=1S/C23H25F2IN5O2PS.C2H6/c1-35-17-9-13(14-3-2-8-33-11-14)6-7-15(17)27-16-10-18(29-23(32)12-4-5-12)28-21-19(16)30-22(20(24)25)31(21)34-26;1-2/h6-7,9-10,12,14,20,34H,2-5,8,11H2,1H3,(H2,27,28,29,32);1-2H3. The van der Waals surface area contributed by atoms with Gasteiger partial charge in [0, 0.05) is 29.4 Å². The Hall–Kier alpha value is -1.56. The van der Waals surface area contributed by atoms with Crippen LogP contribution in [0, 0.1) is 5.92 Å². The van der Waals surface area contributed by atoms with E-state index < -0.39 is 6.43 Å². The highest BCUT2D eigenvalue weighted by atomic mass is 127. The van der Waals surface area contributed by atoms with Gasteiger partial charge in [0.05, 0.1) is 24.4 Å². The zero-order valence-corrected chi connectivity index (χ0v) is 25.0. The van der Waals surface area contributed by atoms with Crippen LogP contribution in [-0.2, 0) is 9.53 Å². The summed E-state index contributed by atoms with van der Waals surface area (Å²) in [4.78, 5) is 22.2. The van der Waals surface area contributed by atoms with Crippen molar-refractivity contribution in [3.8, 4) is 0 Å². The van der Waals surface area contributed by atoms with E-state index in [1.54, 1.807) is 17.8 Å². The van der Waals surface area contributed by atoms with Gasteiger partial charge >= 0.3 is 0 Å². The molecule has 3 heterocycles. The zero-order valence-electron chi connectivity index (χ0n) is 21.0. The Morgan fingerprint density at radius 3 is 2.62 bits per heavy atom. The van der Waals surface area contributed by atoms with Crippen LogP contribution < -0.4 is 10.6 Å². The lowest BCUT2D eigenvalue weighted by atomic mass is 9.93. The summed E-state index contributed by atoms with van der Waals surface area (Å²) in [6.45, 7) is 5.54. The monoisotopic (exact) mass is 661 g/mol. The number of hydrogen-bond acceptors (Lipinski definition) is 6. The topological polar surface area (TPSA) is 81.1 Å². The van der Waals surface area contributed by atoms with Gasteiger partial charge in [-0.1, -0.05) is 19.9 Å². The van der Waals surface area contributed by atoms with Crippen LogP contribution in [0.3, 0.4) is 0 Å². The molecule has 2 aromatic heterocycles. The number of amides is 1. The summed E-state index contributed by atoms with van der Waals surface area (Å²) >= 11 is 3.65. The summed E-state index contributed by atoms with van der Waals surface area (Å²) in [6.07, 6.45) is 3.13. The molecule has 2 aliphatic rings. The van der Waals surface area contributed by atoms with E-state index in [1.165, 1.54) is 9.90 Å². The Labute approximate surface area is 234 Å². The van der Waals surface area contributed by atoms with Gasteiger partial charge in [-0.15, -0.1) is 11.8 Å². The van der Waals surface area contributed by atoms with Gasteiger partial charge in [-0.05, 0) is 71.7 Å². The molecule has 0 spiro atoms. The molecule has 7 nitrogen and oxygen atoms in total. The van der Waals surface area contributed by atoms with Gasteiger partial charge in [-0.3, -0.25) is 9.13 Å². The van der Waals surface area contributed by atoms with Crippen molar-refractivity contribution >= 4 is 74.4 Å². The van der Waals surface area contributed by atoms with Crippen LogP contribution in [0.5, 0.6) is 0 Å². The number of alkyl halides is 2. The molecule has 0 bridgehead atoms. The fourth-order valence-corrected chi connectivity index (χ4v) is 6.73. The van der Waals surface area contributed by atoms with Crippen LogP contribution in [0.25, 0.3) is 11.2 Å². The molecule has 200 valence electrons. The number of carbonyl (C=O) groups excluding carboxylic acids is 1. The van der Waals surface area contributed by atoms with Crippen LogP contribution in [0.4, 0.5) is 26.0 Å². The van der Waals surface area contributed by atoms with E-state index in [0.29, 0.717) is 28.6 Å². The number of thioether (sulfide) groups is 1. The number of nitrogens with one attached hydrogen (secondary N) is 2. The van der Waals surface area contributed by atoms with E-state index in [0.717, 1.165) is 49.5 Å². The Morgan fingerprint density at radius 1 is 1.22 bits per heavy atom. The first kappa shape index (κ1) is 28.4. The average Bonchev–Trinajstić information content (AvgIpc) is 3.71. The molecule has 2 unspecified atom stereocenters. The average molecular weight is 661 g/mol. The van der Waals surface area contributed by atoms with Gasteiger partial charge in [0.25, 0.3) is 6.43 Å². The lowest BCUT2D eigenvalue weighted by Crippen LogP contribution is -2.15. The Morgan fingerprint density at radius 2 is 2.00 bits per heavy atom. The third kappa shape index (κ3) is 6.54. The first-order valence-corrected chi connectivity index (χ1v) is 17.7. The molecule has 2 N–H and O–H groups in total. The zero-order chi connectivity index (χ0) is 26.5. The van der Waals surface area contributed by atoms with E-state index in [1.807, 2.05) is 48.2 Å². The van der Waals surface area contributed by atoms with Gasteiger partial charge < -0.3 is 15.4 Å². The number of fused-ring (bicyclic) bond motifs is 1. The first-order valence-electron chi connectivity index (χ1n) is 12.4. The maximum atomic E-state index is 13.8. The van der Waals surface area contributed by atoms with Crippen molar-refractivity contribution in [1.82, 2.24) is 14.3 Å². The Kier molecular flexibility index (Phi) is 9.99. The van der Waals surface area contributed by atoms with Crippen molar-refractivity contribution in [2.24, 2.45) is 5.92 Å². The van der Waals surface area contributed by atoms with Gasteiger partial charge in [-0.25, -0.2) is 18.7 Å². The highest BCUT2D eigenvalue weighted by molar-refractivity contribution is 14.2. The van der Waals surface area contributed by atoms with Crippen molar-refractivity contribution in [3.63, 3.8) is 0 Å². The van der Waals surface area contributed by atoms with Gasteiger partial charge in [0.15, 0.2) is 11.5 Å². The van der Waals surface area contributed by atoms with Crippen LogP contribution in [0.2, 0.25) is 0 Å². The molecule has 1 saturated heterocycles. The predicted octanol–water partition coefficient (Wildman–Crippen LogP) is 7.89. The second-order valence-electron chi connectivity index (χ2n) is 8.68. The minimum atomic E-state index is -2.73. The second kappa shape index (κ2) is 13.0. The van der Waals surface area contributed by atoms with Crippen molar-refractivity contribution in [3.05, 3.63) is 35.7 Å². The quantitative estimate of drug-likeness (QED) is 0.145. The summed E-state index contributed by atoms with van der Waals surface area (Å²) in [5.74, 6) is 0.274. The minimum Gasteiger partial charge on any atom is -0.381 e. The van der Waals surface area contributed by atoms with E-state index in [9.17, 15) is 13.6 Å². The number of ether oxygens (including phenoxy) is 1. The molecule has 0 radical (unpaired) electrons. The molecule has 3 aromatic rings. The maximum absolute atomic E-state index is 13.8. The number of aromatic nitrogens is 3. The van der Waals surface area contributed by atoms with Crippen molar-refractivity contribution in [1.29, 1.82) is 0 Å². The highest BCUT2D eigenvalue weighted by Gasteiger charge is 2.30. The fourth-order valence-electron chi connectivity index (χ4n) is 4.24. The number of benzene rings is 1. The van der Waals surface area contributed by atoms with Crippen LogP contribution in [0.15, 0.2) is 29.2 Å². The van der Waals surface area contributed by atoms with E-state index in [2.05, 4.69) is 32.7 Å². The van der Waals surface area contributed by atoms with Crippen LogP contribution >= 0.6 is 40.2 Å². The molecule has 1 aliphatic carbocycles. The molecule has 1 aromatic carbocycles. The summed E-state index contributed by atoms with van der Waals surface area (Å²) in [5.41, 5.74) is 3.28. The molecular weight excluding hydrogens is 630 g/mol. The largest absolute Gasteiger partial charge is 0.381 e. The molecule has 1 saturated carbocycles. The lowest BCUT2D eigenvalue weighted by molar-refractivity contribution is -0.117. The molecule has 2 fully saturated rings. The maximum Gasteiger partial charge on any atom is 0.295 e. The number of rotatable bonds is 8. The van der Waals surface area contributed by atoms with Crippen molar-refractivity contribution < 1.29 is 18.3 Å². The SMILES string of the molecule is CC.CSc1cc(C2CCCOC2)ccc1Nc1cc(NC(=O)C2CC2)nc2c1nc(C(F)F)n2PI. The fraction of sp³-hybridized carbons (Fsp3) is 0.480. The highest BCUT2D eigenvalue weighted by Crippen LogP contribution is 2.40. The van der Waals surface area contributed by atoms with Crippen molar-refractivity contribution in [2.45, 2.75) is 56.8 Å². The van der Waals surface area contributed by atoms with Crippen molar-refractivity contribution in [2.75, 3.05) is 30.1 Å². The minimum absolute atomic E-state index is 0.00343. The third-order valence-corrected chi connectivity index (χ3v) is 9.08. The molecule has 12 heteroatoms. The smallest absolute Gasteiger partial charge is 0.295 e. The molecule has 1 amide bonds. The lowest BCUT2D eigenvalue weighted by Gasteiger charge is -2.23. The number of anilines is 3. The summed E-state index contributed by atoms with van der Waals surface area (Å²) in [6, 6.07) is 7.94. The third-order valence-electron chi connectivity index (χ3n) is 6.25. The summed E-state index contributed by atoms with van der Waals surface area (Å²) in [7, 11) is 0. The van der Waals surface area contributed by atoms with E-state index in [-0.39, 0.29) is 24.0 Å². The molecular formula is C25H31F2IN5O2PS. The normalized spacial score (nSPS) is 17.8. The molecule has 1 aliphatic heterocycles. The van der Waals surface area contributed by atoms with E-state index >= 15 is 0 Å². The second-order valence-corrected chi connectivity index (χ2v) is 11.6. The Bertz CT molecular complexity index is 1250. The molecule has 37 heavy (non-hydrogen) atoms. The van der Waals surface area contributed by atoms with Gasteiger partial charge in [-0.2, -0.15) is 0 Å². The van der Waals surface area contributed by atoms with E-state index in [4.69, 9.17) is 4.74 Å².